The van der Waals surface area contributed by atoms with Gasteiger partial charge in [0, 0.05) is 0 Å². The number of methoxy groups -OCH3 is 1. The van der Waals surface area contributed by atoms with Crippen molar-refractivity contribution in [2.75, 3.05) is 7.11 Å². The molecule has 0 aromatic heterocycles. The van der Waals surface area contributed by atoms with Crippen LogP contribution in [-0.4, -0.2) is 23.6 Å². The predicted octanol–water partition coefficient (Wildman–Crippen LogP) is 3.46. The van der Waals surface area contributed by atoms with E-state index in [1.807, 2.05) is 37.3 Å². The van der Waals surface area contributed by atoms with E-state index in [0.717, 1.165) is 16.9 Å². The van der Waals surface area contributed by atoms with E-state index in [-0.39, 0.29) is 11.7 Å². The van der Waals surface area contributed by atoms with Crippen LogP contribution in [0.2, 0.25) is 0 Å². The lowest BCUT2D eigenvalue weighted by molar-refractivity contribution is -0.146. The van der Waals surface area contributed by atoms with Crippen molar-refractivity contribution >= 4 is 5.78 Å². The van der Waals surface area contributed by atoms with Gasteiger partial charge < -0.3 is 9.84 Å². The normalized spacial score (nSPS) is 30.7. The second-order valence-electron chi connectivity index (χ2n) is 7.75. The molecule has 3 atom stereocenters. The number of ketones is 1. The zero-order valence-corrected chi connectivity index (χ0v) is 14.8. The summed E-state index contributed by atoms with van der Waals surface area (Å²) in [5, 5.41) is 10.8. The summed E-state index contributed by atoms with van der Waals surface area (Å²) in [7, 11) is 1.66. The molecule has 3 nitrogen and oxygen atoms in total. The number of carbonyl (C=O) groups is 1. The van der Waals surface area contributed by atoms with Crippen LogP contribution in [0, 0.1) is 5.92 Å². The van der Waals surface area contributed by atoms with Crippen LogP contribution < -0.4 is 4.74 Å². The van der Waals surface area contributed by atoms with Crippen molar-refractivity contribution < 1.29 is 14.6 Å². The minimum absolute atomic E-state index is 0.199. The fourth-order valence-corrected chi connectivity index (χ4v) is 4.73. The van der Waals surface area contributed by atoms with Gasteiger partial charge in [0.15, 0.2) is 0 Å². The van der Waals surface area contributed by atoms with Gasteiger partial charge in [0.2, 0.25) is 0 Å². The van der Waals surface area contributed by atoms with Crippen molar-refractivity contribution in [2.24, 2.45) is 5.92 Å². The fourth-order valence-electron chi connectivity index (χ4n) is 4.73. The summed E-state index contributed by atoms with van der Waals surface area (Å²) in [6, 6.07) is 16.3. The number of fused-ring (bicyclic) bond motifs is 4. The number of carbonyl (C=O) groups excluding carboxylic acids is 1. The highest BCUT2D eigenvalue weighted by Crippen LogP contribution is 2.51. The molecule has 1 saturated carbocycles. The Balaban J connectivity index is 1.87. The lowest BCUT2D eigenvalue weighted by Crippen LogP contribution is -2.58. The number of hydrogen-bond acceptors (Lipinski definition) is 3. The Bertz CT molecular complexity index is 809. The van der Waals surface area contributed by atoms with Crippen molar-refractivity contribution in [1.29, 1.82) is 0 Å². The summed E-state index contributed by atoms with van der Waals surface area (Å²) in [5.74, 6) is 0.663. The Morgan fingerprint density at radius 1 is 1.16 bits per heavy atom. The van der Waals surface area contributed by atoms with Crippen LogP contribution in [-0.2, 0) is 23.1 Å². The monoisotopic (exact) mass is 336 g/mol. The maximum Gasteiger partial charge on any atom is 0.150 e. The molecule has 1 N–H and O–H groups in total. The number of aliphatic hydroxyl groups is 1. The third kappa shape index (κ3) is 2.49. The fraction of sp³-hybridized carbons (Fsp3) is 0.409. The van der Waals surface area contributed by atoms with E-state index in [1.165, 1.54) is 5.56 Å². The molecule has 4 rings (SSSR count). The van der Waals surface area contributed by atoms with E-state index >= 15 is 0 Å². The molecule has 0 radical (unpaired) electrons. The Labute approximate surface area is 148 Å². The molecule has 25 heavy (non-hydrogen) atoms. The molecule has 1 fully saturated rings. The van der Waals surface area contributed by atoms with Gasteiger partial charge in [-0.05, 0) is 61.4 Å². The largest absolute Gasteiger partial charge is 0.497 e. The molecular formula is C22H24O3. The van der Waals surface area contributed by atoms with Crippen molar-refractivity contribution in [3.63, 3.8) is 0 Å². The summed E-state index contributed by atoms with van der Waals surface area (Å²) >= 11 is 0. The minimum atomic E-state index is -0.933. The first-order valence-corrected chi connectivity index (χ1v) is 8.94. The molecule has 130 valence electrons. The lowest BCUT2D eigenvalue weighted by atomic mass is 9.53. The van der Waals surface area contributed by atoms with Gasteiger partial charge in [0.25, 0.3) is 0 Å². The minimum Gasteiger partial charge on any atom is -0.497 e. The Hall–Kier alpha value is -2.13. The summed E-state index contributed by atoms with van der Waals surface area (Å²) < 4.78 is 5.39. The van der Waals surface area contributed by atoms with Crippen LogP contribution >= 0.6 is 0 Å². The van der Waals surface area contributed by atoms with Crippen LogP contribution in [0.3, 0.4) is 0 Å². The van der Waals surface area contributed by atoms with E-state index in [9.17, 15) is 9.90 Å². The molecule has 0 saturated heterocycles. The third-order valence-electron chi connectivity index (χ3n) is 6.20. The first-order valence-electron chi connectivity index (χ1n) is 8.94. The predicted molar refractivity (Wildman–Crippen MR) is 96.9 cm³/mol. The number of ether oxygens (including phenoxy) is 1. The SMILES string of the molecule is COc1ccc2c(c1)C[C@H]1C(=O)[C@]2(Cc2ccccc2)CCC1(C)O. The van der Waals surface area contributed by atoms with E-state index in [0.29, 0.717) is 25.7 Å². The van der Waals surface area contributed by atoms with Crippen LogP contribution in [0.25, 0.3) is 0 Å². The van der Waals surface area contributed by atoms with Crippen molar-refractivity contribution in [2.45, 2.75) is 43.6 Å². The van der Waals surface area contributed by atoms with E-state index in [2.05, 4.69) is 18.2 Å². The average Bonchev–Trinajstić information content (AvgIpc) is 2.61. The van der Waals surface area contributed by atoms with Gasteiger partial charge in [0.1, 0.15) is 11.5 Å². The molecule has 2 aliphatic carbocycles. The summed E-state index contributed by atoms with van der Waals surface area (Å²) in [4.78, 5) is 13.5. The average molecular weight is 336 g/mol. The summed E-state index contributed by atoms with van der Waals surface area (Å²) in [6.45, 7) is 1.81. The van der Waals surface area contributed by atoms with Gasteiger partial charge in [-0.3, -0.25) is 4.79 Å². The maximum atomic E-state index is 13.5. The maximum absolute atomic E-state index is 13.5. The molecule has 0 spiro atoms. The first kappa shape index (κ1) is 16.3. The summed E-state index contributed by atoms with van der Waals surface area (Å²) in [5.41, 5.74) is 1.96. The van der Waals surface area contributed by atoms with Crippen LogP contribution in [0.4, 0.5) is 0 Å². The van der Waals surface area contributed by atoms with Gasteiger partial charge in [-0.15, -0.1) is 0 Å². The van der Waals surface area contributed by atoms with Crippen molar-refractivity contribution in [3.8, 4) is 5.75 Å². The molecule has 3 heteroatoms. The molecule has 2 bridgehead atoms. The quantitative estimate of drug-likeness (QED) is 0.934. The Morgan fingerprint density at radius 3 is 2.64 bits per heavy atom. The van der Waals surface area contributed by atoms with Crippen LogP contribution in [0.1, 0.15) is 36.5 Å². The standard InChI is InChI=1S/C22H24O3/c1-21(24)10-11-22(14-15-6-4-3-5-7-15)18-9-8-17(25-2)12-16(18)13-19(21)20(22)23/h3-9,12,19,24H,10-11,13-14H2,1-2H3/t19-,21?,22-/m0/s1. The highest BCUT2D eigenvalue weighted by Gasteiger charge is 2.56. The van der Waals surface area contributed by atoms with Gasteiger partial charge in [-0.1, -0.05) is 36.4 Å². The number of rotatable bonds is 3. The van der Waals surface area contributed by atoms with Gasteiger partial charge in [-0.25, -0.2) is 0 Å². The highest BCUT2D eigenvalue weighted by atomic mass is 16.5. The third-order valence-corrected chi connectivity index (χ3v) is 6.20. The molecule has 0 amide bonds. The Morgan fingerprint density at radius 2 is 1.92 bits per heavy atom. The topological polar surface area (TPSA) is 46.5 Å². The molecule has 2 aliphatic rings. The zero-order valence-electron chi connectivity index (χ0n) is 14.8. The second-order valence-corrected chi connectivity index (χ2v) is 7.75. The molecular weight excluding hydrogens is 312 g/mol. The number of hydrogen-bond donors (Lipinski definition) is 1. The van der Waals surface area contributed by atoms with Gasteiger partial charge in [-0.2, -0.15) is 0 Å². The Kier molecular flexibility index (Phi) is 3.73. The number of Topliss-reactive ketones (excluding diaryl/α,β-unsaturated/α-hetero) is 1. The second kappa shape index (κ2) is 5.70. The first-order chi connectivity index (χ1) is 12.0. The molecule has 2 aromatic carbocycles. The van der Waals surface area contributed by atoms with Gasteiger partial charge >= 0.3 is 0 Å². The zero-order chi connectivity index (χ0) is 17.7. The number of benzene rings is 2. The highest BCUT2D eigenvalue weighted by molar-refractivity contribution is 5.96. The summed E-state index contributed by atoms with van der Waals surface area (Å²) in [6.07, 6.45) is 2.62. The lowest BCUT2D eigenvalue weighted by Gasteiger charge is -2.51. The van der Waals surface area contributed by atoms with E-state index in [1.54, 1.807) is 7.11 Å². The van der Waals surface area contributed by atoms with E-state index < -0.39 is 11.0 Å². The molecule has 0 heterocycles. The molecule has 1 unspecified atom stereocenters. The van der Waals surface area contributed by atoms with E-state index in [4.69, 9.17) is 4.74 Å². The molecule has 0 aliphatic heterocycles. The van der Waals surface area contributed by atoms with Crippen LogP contribution in [0.15, 0.2) is 48.5 Å². The molecule has 2 aromatic rings. The van der Waals surface area contributed by atoms with Crippen LogP contribution in [0.5, 0.6) is 5.75 Å². The smallest absolute Gasteiger partial charge is 0.150 e. The van der Waals surface area contributed by atoms with Crippen molar-refractivity contribution in [3.05, 3.63) is 65.2 Å². The van der Waals surface area contributed by atoms with Gasteiger partial charge in [0.05, 0.1) is 24.0 Å². The van der Waals surface area contributed by atoms with Crippen molar-refractivity contribution in [1.82, 2.24) is 0 Å².